The van der Waals surface area contributed by atoms with Gasteiger partial charge in [0.2, 0.25) is 0 Å². The Hall–Kier alpha value is 0.01000. The van der Waals surface area contributed by atoms with E-state index in [4.69, 9.17) is 11.6 Å². The molecule has 50 valence electrons. The van der Waals surface area contributed by atoms with Gasteiger partial charge in [0, 0.05) is 7.05 Å². The fourth-order valence-electron chi connectivity index (χ4n) is 0.516. The van der Waals surface area contributed by atoms with Crippen LogP contribution in [0.3, 0.4) is 0 Å². The Balaban J connectivity index is 2.78. The summed E-state index contributed by atoms with van der Waals surface area (Å²) < 4.78 is 1.68. The van der Waals surface area contributed by atoms with Gasteiger partial charge in [-0.25, -0.2) is 4.31 Å². The van der Waals surface area contributed by atoms with Crippen LogP contribution in [0.1, 0.15) is 0 Å². The van der Waals surface area contributed by atoms with Crippen LogP contribution < -0.4 is 0 Å². The van der Waals surface area contributed by atoms with Crippen molar-refractivity contribution in [2.45, 2.75) is 5.00 Å². The summed E-state index contributed by atoms with van der Waals surface area (Å²) in [4.78, 5) is 9.40. The number of nitrogens with zero attached hydrogens (tertiary/aromatic N) is 1. The van der Waals surface area contributed by atoms with Gasteiger partial charge in [0.1, 0.15) is 0 Å². The van der Waals surface area contributed by atoms with Crippen molar-refractivity contribution >= 4 is 29.8 Å². The second-order valence-electron chi connectivity index (χ2n) is 1.75. The van der Waals surface area contributed by atoms with E-state index in [0.717, 1.165) is 0 Å². The molecule has 0 N–H and O–H groups in total. The number of carbonyl (C=O) groups excluding carboxylic acids is 1. The van der Waals surface area contributed by atoms with Crippen molar-refractivity contribution in [2.75, 3.05) is 7.05 Å². The average molecular weight is 164 g/mol. The number of rotatable bonds is 1. The Morgan fingerprint density at radius 1 is 1.89 bits per heavy atom. The fraction of sp³-hybridized carbons (Fsp3) is 0.400. The van der Waals surface area contributed by atoms with Gasteiger partial charge in [-0.2, -0.15) is 0 Å². The average Bonchev–Trinajstić information content (AvgIpc) is 2.15. The number of halogens is 1. The monoisotopic (exact) mass is 163 g/mol. The molecule has 1 unspecified atom stereocenters. The van der Waals surface area contributed by atoms with Crippen molar-refractivity contribution in [2.24, 2.45) is 0 Å². The number of hydrogen-bond acceptors (Lipinski definition) is 3. The van der Waals surface area contributed by atoms with E-state index in [0.29, 0.717) is 6.29 Å². The molecule has 1 atom stereocenters. The first kappa shape index (κ1) is 7.12. The molecule has 0 spiro atoms. The molecule has 0 bridgehead atoms. The Bertz CT molecular complexity index is 161. The standard InChI is InChI=1S/C5H6ClNOS/c1-7-5(6,4-8)2-3-9-7/h2-4H,1H3. The lowest BCUT2D eigenvalue weighted by Crippen LogP contribution is -2.32. The number of alkyl halides is 1. The molecule has 0 saturated carbocycles. The lowest BCUT2D eigenvalue weighted by molar-refractivity contribution is -0.110. The molecule has 1 rings (SSSR count). The minimum Gasteiger partial charge on any atom is -0.299 e. The largest absolute Gasteiger partial charge is 0.299 e. The summed E-state index contributed by atoms with van der Waals surface area (Å²) in [6, 6.07) is 0. The van der Waals surface area contributed by atoms with Crippen LogP contribution in [-0.4, -0.2) is 22.6 Å². The van der Waals surface area contributed by atoms with Gasteiger partial charge in [0.15, 0.2) is 11.3 Å². The van der Waals surface area contributed by atoms with Gasteiger partial charge in [-0.05, 0) is 23.4 Å². The maximum Gasteiger partial charge on any atom is 0.180 e. The Morgan fingerprint density at radius 2 is 2.56 bits per heavy atom. The summed E-state index contributed by atoms with van der Waals surface area (Å²) in [6.07, 6.45) is 2.37. The molecule has 9 heavy (non-hydrogen) atoms. The molecular formula is C5H6ClNOS. The number of aldehydes is 1. The van der Waals surface area contributed by atoms with E-state index in [9.17, 15) is 4.79 Å². The highest BCUT2D eigenvalue weighted by Crippen LogP contribution is 2.32. The van der Waals surface area contributed by atoms with Crippen LogP contribution in [-0.2, 0) is 4.79 Å². The summed E-state index contributed by atoms with van der Waals surface area (Å²) in [5.41, 5.74) is 0. The van der Waals surface area contributed by atoms with Crippen molar-refractivity contribution in [1.82, 2.24) is 4.31 Å². The molecule has 4 heteroatoms. The molecule has 0 aromatic rings. The summed E-state index contributed by atoms with van der Waals surface area (Å²) in [7, 11) is 1.77. The van der Waals surface area contributed by atoms with Gasteiger partial charge in [0.05, 0.1) is 0 Å². The van der Waals surface area contributed by atoms with Gasteiger partial charge in [-0.1, -0.05) is 11.6 Å². The number of hydrogen-bond donors (Lipinski definition) is 0. The van der Waals surface area contributed by atoms with E-state index in [2.05, 4.69) is 0 Å². The van der Waals surface area contributed by atoms with Crippen LogP contribution in [0.5, 0.6) is 0 Å². The maximum atomic E-state index is 10.3. The predicted molar refractivity (Wildman–Crippen MR) is 39.1 cm³/mol. The van der Waals surface area contributed by atoms with Crippen LogP contribution in [0.25, 0.3) is 0 Å². The van der Waals surface area contributed by atoms with Crippen molar-refractivity contribution in [1.29, 1.82) is 0 Å². The van der Waals surface area contributed by atoms with Crippen molar-refractivity contribution in [3.63, 3.8) is 0 Å². The van der Waals surface area contributed by atoms with E-state index in [1.807, 2.05) is 0 Å². The van der Waals surface area contributed by atoms with Crippen LogP contribution in [0.2, 0.25) is 0 Å². The van der Waals surface area contributed by atoms with Crippen molar-refractivity contribution < 1.29 is 4.79 Å². The second-order valence-corrected chi connectivity index (χ2v) is 3.39. The molecule has 0 aromatic carbocycles. The molecule has 1 aliphatic heterocycles. The smallest absolute Gasteiger partial charge is 0.180 e. The van der Waals surface area contributed by atoms with E-state index in [-0.39, 0.29) is 0 Å². The third-order valence-electron chi connectivity index (χ3n) is 1.17. The summed E-state index contributed by atoms with van der Waals surface area (Å²) in [6.45, 7) is 0. The zero-order valence-electron chi connectivity index (χ0n) is 4.87. The van der Waals surface area contributed by atoms with Crippen LogP contribution in [0.15, 0.2) is 11.5 Å². The Morgan fingerprint density at radius 3 is 2.78 bits per heavy atom. The summed E-state index contributed by atoms with van der Waals surface area (Å²) in [5, 5.41) is 1.79. The number of carbonyl (C=O) groups is 1. The van der Waals surface area contributed by atoms with Gasteiger partial charge in [-0.3, -0.25) is 4.79 Å². The van der Waals surface area contributed by atoms with E-state index in [1.54, 1.807) is 22.8 Å². The van der Waals surface area contributed by atoms with Gasteiger partial charge < -0.3 is 0 Å². The third kappa shape index (κ3) is 1.13. The van der Waals surface area contributed by atoms with E-state index >= 15 is 0 Å². The first-order chi connectivity index (χ1) is 4.19. The minimum absolute atomic E-state index is 0.713. The molecular weight excluding hydrogens is 158 g/mol. The highest BCUT2D eigenvalue weighted by Gasteiger charge is 2.32. The van der Waals surface area contributed by atoms with Crippen LogP contribution in [0, 0.1) is 0 Å². The Kier molecular flexibility index (Phi) is 1.84. The molecule has 0 saturated heterocycles. The maximum absolute atomic E-state index is 10.3. The predicted octanol–water partition coefficient (Wildman–Crippen LogP) is 1.23. The van der Waals surface area contributed by atoms with Crippen LogP contribution >= 0.6 is 23.5 Å². The third-order valence-corrected chi connectivity index (χ3v) is 2.61. The molecule has 0 amide bonds. The number of likely N-dealkylation sites (N-methyl/N-ethyl adjacent to an activating group) is 1. The quantitative estimate of drug-likeness (QED) is 0.251. The van der Waals surface area contributed by atoms with Crippen LogP contribution in [0.4, 0.5) is 0 Å². The summed E-state index contributed by atoms with van der Waals surface area (Å²) >= 11 is 7.17. The van der Waals surface area contributed by atoms with Gasteiger partial charge in [-0.15, -0.1) is 0 Å². The molecule has 2 nitrogen and oxygen atoms in total. The molecule has 0 aromatic heterocycles. The fourth-order valence-corrected chi connectivity index (χ4v) is 1.49. The summed E-state index contributed by atoms with van der Waals surface area (Å²) in [5.74, 6) is 0. The highest BCUT2D eigenvalue weighted by atomic mass is 35.5. The zero-order valence-corrected chi connectivity index (χ0v) is 6.45. The van der Waals surface area contributed by atoms with Crippen molar-refractivity contribution in [3.05, 3.63) is 11.5 Å². The minimum atomic E-state index is -0.898. The SMILES string of the molecule is CN1SC=CC1(Cl)C=O. The molecule has 1 aliphatic rings. The zero-order chi connectivity index (χ0) is 6.91. The van der Waals surface area contributed by atoms with E-state index in [1.165, 1.54) is 11.9 Å². The van der Waals surface area contributed by atoms with Gasteiger partial charge in [0.25, 0.3) is 0 Å². The van der Waals surface area contributed by atoms with Crippen molar-refractivity contribution in [3.8, 4) is 0 Å². The molecule has 1 heterocycles. The Labute approximate surface area is 63.0 Å². The van der Waals surface area contributed by atoms with E-state index < -0.39 is 5.00 Å². The lowest BCUT2D eigenvalue weighted by Gasteiger charge is -2.19. The topological polar surface area (TPSA) is 20.3 Å². The first-order valence-electron chi connectivity index (χ1n) is 2.42. The highest BCUT2D eigenvalue weighted by molar-refractivity contribution is 8.00. The normalized spacial score (nSPS) is 35.3. The second kappa shape index (κ2) is 2.33. The molecule has 0 radical (unpaired) electrons. The molecule has 0 fully saturated rings. The first-order valence-corrected chi connectivity index (χ1v) is 3.64. The molecule has 0 aliphatic carbocycles. The van der Waals surface area contributed by atoms with Gasteiger partial charge >= 0.3 is 0 Å². The lowest BCUT2D eigenvalue weighted by atomic mass is 10.3.